The number of nitrogens with two attached hydrogens (primary N) is 1. The van der Waals surface area contributed by atoms with Crippen molar-refractivity contribution >= 4 is 26.0 Å². The van der Waals surface area contributed by atoms with Gasteiger partial charge in [-0.05, 0) is 40.9 Å². The smallest absolute Gasteiger partial charge is 0.246 e. The lowest BCUT2D eigenvalue weighted by atomic mass is 10.2. The van der Waals surface area contributed by atoms with Crippen LogP contribution in [0.3, 0.4) is 0 Å². The summed E-state index contributed by atoms with van der Waals surface area (Å²) in [5, 5.41) is 0. The van der Waals surface area contributed by atoms with Gasteiger partial charge in [0.1, 0.15) is 4.90 Å². The summed E-state index contributed by atoms with van der Waals surface area (Å²) in [4.78, 5) is -0.294. The van der Waals surface area contributed by atoms with Crippen LogP contribution in [-0.2, 0) is 10.0 Å². The summed E-state index contributed by atoms with van der Waals surface area (Å²) < 4.78 is 40.1. The molecule has 1 unspecified atom stereocenters. The second-order valence-corrected chi connectivity index (χ2v) is 6.91. The van der Waals surface area contributed by atoms with Gasteiger partial charge in [0.25, 0.3) is 0 Å². The van der Waals surface area contributed by atoms with E-state index in [1.807, 2.05) is 0 Å². The van der Waals surface area contributed by atoms with Gasteiger partial charge < -0.3 is 5.73 Å². The molecule has 7 heteroatoms. The Hall–Kier alpha value is -0.500. The lowest BCUT2D eigenvalue weighted by Crippen LogP contribution is -2.40. The molecule has 1 aliphatic heterocycles. The molecule has 1 heterocycles. The van der Waals surface area contributed by atoms with E-state index in [9.17, 15) is 12.8 Å². The number of benzene rings is 1. The molecular formula is C11H14BrFN2O2S. The van der Waals surface area contributed by atoms with Crippen molar-refractivity contribution in [2.24, 2.45) is 5.73 Å². The number of rotatable bonds is 3. The van der Waals surface area contributed by atoms with Crippen LogP contribution in [0.25, 0.3) is 0 Å². The fourth-order valence-electron chi connectivity index (χ4n) is 2.17. The minimum absolute atomic E-state index is 0.145. The first-order valence-corrected chi connectivity index (χ1v) is 7.87. The van der Waals surface area contributed by atoms with Gasteiger partial charge in [-0.15, -0.1) is 0 Å². The third-order valence-corrected chi connectivity index (χ3v) is 5.68. The number of halogens is 2. The molecule has 100 valence electrons. The fourth-order valence-corrected chi connectivity index (χ4v) is 4.46. The van der Waals surface area contributed by atoms with Gasteiger partial charge >= 0.3 is 0 Å². The zero-order valence-electron chi connectivity index (χ0n) is 9.64. The van der Waals surface area contributed by atoms with Crippen molar-refractivity contribution in [1.29, 1.82) is 0 Å². The molecule has 1 saturated heterocycles. The number of sulfonamides is 1. The van der Waals surface area contributed by atoms with E-state index in [0.29, 0.717) is 6.54 Å². The normalized spacial score (nSPS) is 21.4. The minimum Gasteiger partial charge on any atom is -0.329 e. The Morgan fingerprint density at radius 1 is 1.50 bits per heavy atom. The SMILES string of the molecule is NCC1CCCN1S(=O)(=O)c1cccc(Br)c1F. The van der Waals surface area contributed by atoms with E-state index in [2.05, 4.69) is 15.9 Å². The standard InChI is InChI=1S/C11H14BrFN2O2S/c12-9-4-1-5-10(11(9)13)18(16,17)15-6-2-3-8(15)7-14/h1,4-5,8H,2-3,6-7,14H2. The lowest BCUT2D eigenvalue weighted by Gasteiger charge is -2.23. The van der Waals surface area contributed by atoms with Crippen molar-refractivity contribution in [1.82, 2.24) is 4.31 Å². The van der Waals surface area contributed by atoms with Gasteiger partial charge in [-0.1, -0.05) is 6.07 Å². The molecule has 0 aromatic heterocycles. The van der Waals surface area contributed by atoms with Gasteiger partial charge in [0, 0.05) is 19.1 Å². The number of hydrogen-bond acceptors (Lipinski definition) is 3. The maximum Gasteiger partial charge on any atom is 0.246 e. The fraction of sp³-hybridized carbons (Fsp3) is 0.455. The lowest BCUT2D eigenvalue weighted by molar-refractivity contribution is 0.390. The number of hydrogen-bond donors (Lipinski definition) is 1. The van der Waals surface area contributed by atoms with Crippen molar-refractivity contribution < 1.29 is 12.8 Å². The van der Waals surface area contributed by atoms with Crippen LogP contribution in [0.2, 0.25) is 0 Å². The second-order valence-electron chi connectivity index (χ2n) is 4.20. The monoisotopic (exact) mass is 336 g/mol. The van der Waals surface area contributed by atoms with Crippen LogP contribution in [-0.4, -0.2) is 31.9 Å². The summed E-state index contributed by atoms with van der Waals surface area (Å²) in [7, 11) is -3.80. The summed E-state index contributed by atoms with van der Waals surface area (Å²) in [5.41, 5.74) is 5.56. The van der Waals surface area contributed by atoms with E-state index in [1.54, 1.807) is 0 Å². The quantitative estimate of drug-likeness (QED) is 0.913. The van der Waals surface area contributed by atoms with Crippen molar-refractivity contribution in [2.45, 2.75) is 23.8 Å². The highest BCUT2D eigenvalue weighted by molar-refractivity contribution is 9.10. The van der Waals surface area contributed by atoms with Crippen molar-refractivity contribution in [2.75, 3.05) is 13.1 Å². The average molecular weight is 337 g/mol. The van der Waals surface area contributed by atoms with Gasteiger partial charge in [-0.3, -0.25) is 0 Å². The van der Waals surface area contributed by atoms with Crippen LogP contribution in [0.5, 0.6) is 0 Å². The predicted molar refractivity (Wildman–Crippen MR) is 70.1 cm³/mol. The molecule has 0 saturated carbocycles. The Balaban J connectivity index is 2.45. The first kappa shape index (κ1) is 13.9. The van der Waals surface area contributed by atoms with E-state index < -0.39 is 15.8 Å². The molecule has 4 nitrogen and oxygen atoms in total. The molecule has 0 aliphatic carbocycles. The summed E-state index contributed by atoms with van der Waals surface area (Å²) in [6.07, 6.45) is 1.49. The van der Waals surface area contributed by atoms with Gasteiger partial charge in [-0.2, -0.15) is 4.31 Å². The van der Waals surface area contributed by atoms with Gasteiger partial charge in [0.15, 0.2) is 5.82 Å². The van der Waals surface area contributed by atoms with E-state index >= 15 is 0 Å². The largest absolute Gasteiger partial charge is 0.329 e. The molecule has 1 aromatic carbocycles. The van der Waals surface area contributed by atoms with Crippen LogP contribution in [0, 0.1) is 5.82 Å². The average Bonchev–Trinajstić information content (AvgIpc) is 2.81. The van der Waals surface area contributed by atoms with Crippen molar-refractivity contribution in [3.63, 3.8) is 0 Å². The minimum atomic E-state index is -3.80. The summed E-state index contributed by atoms with van der Waals surface area (Å²) in [6, 6.07) is 4.03. The summed E-state index contributed by atoms with van der Waals surface area (Å²) in [6.45, 7) is 0.658. The van der Waals surface area contributed by atoms with Crippen molar-refractivity contribution in [3.8, 4) is 0 Å². The molecule has 0 amide bonds. The zero-order valence-corrected chi connectivity index (χ0v) is 12.0. The molecule has 1 aliphatic rings. The Morgan fingerprint density at radius 3 is 2.89 bits per heavy atom. The third-order valence-electron chi connectivity index (χ3n) is 3.10. The topological polar surface area (TPSA) is 63.4 Å². The highest BCUT2D eigenvalue weighted by Crippen LogP contribution is 2.29. The molecular weight excluding hydrogens is 323 g/mol. The molecule has 2 N–H and O–H groups in total. The molecule has 0 bridgehead atoms. The van der Waals surface area contributed by atoms with Crippen LogP contribution in [0.15, 0.2) is 27.6 Å². The summed E-state index contributed by atoms with van der Waals surface area (Å²) in [5.74, 6) is -0.750. The van der Waals surface area contributed by atoms with E-state index in [1.165, 1.54) is 22.5 Å². The van der Waals surface area contributed by atoms with Gasteiger partial charge in [0.05, 0.1) is 4.47 Å². The van der Waals surface area contributed by atoms with E-state index in [0.717, 1.165) is 12.8 Å². The molecule has 18 heavy (non-hydrogen) atoms. The second kappa shape index (κ2) is 5.24. The zero-order chi connectivity index (χ0) is 13.3. The highest BCUT2D eigenvalue weighted by Gasteiger charge is 2.36. The predicted octanol–water partition coefficient (Wildman–Crippen LogP) is 1.70. The Kier molecular flexibility index (Phi) is 4.05. The molecule has 1 aromatic rings. The van der Waals surface area contributed by atoms with E-state index in [4.69, 9.17) is 5.73 Å². The third kappa shape index (κ3) is 2.32. The number of nitrogens with zero attached hydrogens (tertiary/aromatic N) is 1. The van der Waals surface area contributed by atoms with Crippen LogP contribution in [0.1, 0.15) is 12.8 Å². The molecule has 0 radical (unpaired) electrons. The first-order valence-electron chi connectivity index (χ1n) is 5.64. The summed E-state index contributed by atoms with van der Waals surface area (Å²) >= 11 is 3.00. The Bertz CT molecular complexity index is 550. The molecule has 1 fully saturated rings. The Morgan fingerprint density at radius 2 is 2.22 bits per heavy atom. The van der Waals surface area contributed by atoms with Crippen LogP contribution >= 0.6 is 15.9 Å². The highest BCUT2D eigenvalue weighted by atomic mass is 79.9. The van der Waals surface area contributed by atoms with Crippen LogP contribution < -0.4 is 5.73 Å². The van der Waals surface area contributed by atoms with E-state index in [-0.39, 0.29) is 22.0 Å². The van der Waals surface area contributed by atoms with Crippen LogP contribution in [0.4, 0.5) is 4.39 Å². The maximum atomic E-state index is 13.9. The van der Waals surface area contributed by atoms with Gasteiger partial charge in [0.2, 0.25) is 10.0 Å². The molecule has 0 spiro atoms. The first-order chi connectivity index (χ1) is 8.48. The molecule has 2 rings (SSSR count). The maximum absolute atomic E-state index is 13.9. The Labute approximate surface area is 114 Å². The molecule has 1 atom stereocenters. The van der Waals surface area contributed by atoms with Gasteiger partial charge in [-0.25, -0.2) is 12.8 Å². The van der Waals surface area contributed by atoms with Crippen molar-refractivity contribution in [3.05, 3.63) is 28.5 Å².